The minimum atomic E-state index is -0.430. The first-order valence-electron chi connectivity index (χ1n) is 9.50. The zero-order valence-electron chi connectivity index (χ0n) is 17.2. The highest BCUT2D eigenvalue weighted by Crippen LogP contribution is 2.21. The number of aromatic nitrogens is 2. The van der Waals surface area contributed by atoms with Crippen molar-refractivity contribution in [3.63, 3.8) is 0 Å². The van der Waals surface area contributed by atoms with Crippen LogP contribution in [-0.2, 0) is 16.0 Å². The number of esters is 1. The lowest BCUT2D eigenvalue weighted by Gasteiger charge is -2.10. The summed E-state index contributed by atoms with van der Waals surface area (Å²) in [6, 6.07) is 15.1. The molecule has 1 amide bonds. The molecule has 0 aliphatic heterocycles. The minimum absolute atomic E-state index is 0.110. The number of nitrogens with zero attached hydrogens (tertiary/aromatic N) is 2. The highest BCUT2D eigenvalue weighted by Gasteiger charge is 2.15. The van der Waals surface area contributed by atoms with E-state index in [4.69, 9.17) is 4.74 Å². The number of amides is 1. The molecule has 0 atom stereocenters. The van der Waals surface area contributed by atoms with Gasteiger partial charge in [0.1, 0.15) is 0 Å². The molecule has 0 radical (unpaired) electrons. The van der Waals surface area contributed by atoms with Gasteiger partial charge in [0.15, 0.2) is 0 Å². The number of para-hydroxylation sites is 1. The van der Waals surface area contributed by atoms with Crippen molar-refractivity contribution in [3.8, 4) is 5.69 Å². The lowest BCUT2D eigenvalue weighted by Crippen LogP contribution is -2.14. The number of anilines is 1. The van der Waals surface area contributed by atoms with Crippen molar-refractivity contribution in [1.82, 2.24) is 9.78 Å². The van der Waals surface area contributed by atoms with E-state index in [0.717, 1.165) is 28.2 Å². The van der Waals surface area contributed by atoms with Gasteiger partial charge in [0.25, 0.3) is 0 Å². The molecule has 0 saturated carbocycles. The second-order valence-corrected chi connectivity index (χ2v) is 6.97. The Morgan fingerprint density at radius 1 is 1.07 bits per heavy atom. The fourth-order valence-corrected chi connectivity index (χ4v) is 3.31. The van der Waals surface area contributed by atoms with Gasteiger partial charge >= 0.3 is 5.97 Å². The van der Waals surface area contributed by atoms with E-state index >= 15 is 0 Å². The van der Waals surface area contributed by atoms with Gasteiger partial charge < -0.3 is 10.1 Å². The monoisotopic (exact) mass is 391 g/mol. The summed E-state index contributed by atoms with van der Waals surface area (Å²) in [6.07, 6.45) is 0.913. The van der Waals surface area contributed by atoms with Gasteiger partial charge in [-0.05, 0) is 62.6 Å². The average molecular weight is 391 g/mol. The molecule has 6 nitrogen and oxygen atoms in total. The first-order chi connectivity index (χ1) is 13.9. The molecule has 1 N–H and O–H groups in total. The number of rotatable bonds is 6. The summed E-state index contributed by atoms with van der Waals surface area (Å²) in [7, 11) is 1.33. The Labute approximate surface area is 170 Å². The van der Waals surface area contributed by atoms with Gasteiger partial charge in [0.2, 0.25) is 5.91 Å². The number of hydrogen-bond donors (Lipinski definition) is 1. The van der Waals surface area contributed by atoms with Crippen molar-refractivity contribution >= 4 is 17.6 Å². The van der Waals surface area contributed by atoms with Crippen molar-refractivity contribution in [2.75, 3.05) is 12.4 Å². The van der Waals surface area contributed by atoms with E-state index < -0.39 is 5.97 Å². The smallest absolute Gasteiger partial charge is 0.337 e. The second-order valence-electron chi connectivity index (χ2n) is 6.97. The number of methoxy groups -OCH3 is 1. The maximum Gasteiger partial charge on any atom is 0.337 e. The molecule has 3 rings (SSSR count). The van der Waals surface area contributed by atoms with E-state index in [1.807, 2.05) is 55.8 Å². The number of carbonyl (C=O) groups is 2. The van der Waals surface area contributed by atoms with Crippen molar-refractivity contribution in [2.45, 2.75) is 33.6 Å². The van der Waals surface area contributed by atoms with Crippen LogP contribution in [0.5, 0.6) is 0 Å². The molecule has 0 aliphatic carbocycles. The SMILES string of the molecule is COC(=O)c1ccc(C)c(NC(=O)CCc2c(C)nn(-c3ccccc3)c2C)c1. The zero-order chi connectivity index (χ0) is 21.0. The van der Waals surface area contributed by atoms with Crippen LogP contribution in [0.1, 0.15) is 39.3 Å². The van der Waals surface area contributed by atoms with Crippen LogP contribution in [0.15, 0.2) is 48.5 Å². The highest BCUT2D eigenvalue weighted by molar-refractivity contribution is 5.95. The molecule has 0 spiro atoms. The van der Waals surface area contributed by atoms with E-state index in [-0.39, 0.29) is 5.91 Å². The third-order valence-electron chi connectivity index (χ3n) is 4.98. The number of nitrogens with one attached hydrogen (secondary N) is 1. The largest absolute Gasteiger partial charge is 0.465 e. The zero-order valence-corrected chi connectivity index (χ0v) is 17.2. The van der Waals surface area contributed by atoms with Crippen LogP contribution < -0.4 is 5.32 Å². The molecule has 6 heteroatoms. The molecular weight excluding hydrogens is 366 g/mol. The van der Waals surface area contributed by atoms with Crippen molar-refractivity contribution in [3.05, 3.63) is 76.6 Å². The van der Waals surface area contributed by atoms with Gasteiger partial charge in [-0.2, -0.15) is 5.10 Å². The maximum atomic E-state index is 12.5. The van der Waals surface area contributed by atoms with E-state index in [1.54, 1.807) is 18.2 Å². The number of ether oxygens (including phenoxy) is 1. The molecular formula is C23H25N3O3. The van der Waals surface area contributed by atoms with E-state index in [9.17, 15) is 9.59 Å². The number of hydrogen-bond acceptors (Lipinski definition) is 4. The molecule has 29 heavy (non-hydrogen) atoms. The van der Waals surface area contributed by atoms with Crippen LogP contribution >= 0.6 is 0 Å². The summed E-state index contributed by atoms with van der Waals surface area (Å²) < 4.78 is 6.65. The van der Waals surface area contributed by atoms with Gasteiger partial charge in [-0.25, -0.2) is 9.48 Å². The van der Waals surface area contributed by atoms with Crippen molar-refractivity contribution in [2.24, 2.45) is 0 Å². The minimum Gasteiger partial charge on any atom is -0.465 e. The standard InChI is InChI=1S/C23H25N3O3/c1-15-10-11-18(23(28)29-4)14-21(15)24-22(27)13-12-20-16(2)25-26(17(20)3)19-8-6-5-7-9-19/h5-11,14H,12-13H2,1-4H3,(H,24,27). The fourth-order valence-electron chi connectivity index (χ4n) is 3.31. The number of aryl methyl sites for hydroxylation is 2. The van der Waals surface area contributed by atoms with E-state index in [2.05, 4.69) is 10.4 Å². The first kappa shape index (κ1) is 20.3. The van der Waals surface area contributed by atoms with Crippen LogP contribution in [-0.4, -0.2) is 28.8 Å². The van der Waals surface area contributed by atoms with Crippen LogP contribution in [0.4, 0.5) is 5.69 Å². The normalized spacial score (nSPS) is 10.6. The molecule has 0 bridgehead atoms. The van der Waals surface area contributed by atoms with Crippen LogP contribution in [0.2, 0.25) is 0 Å². The Balaban J connectivity index is 1.71. The molecule has 0 unspecified atom stereocenters. The van der Waals surface area contributed by atoms with Gasteiger partial charge in [-0.3, -0.25) is 4.79 Å². The van der Waals surface area contributed by atoms with Crippen molar-refractivity contribution in [1.29, 1.82) is 0 Å². The van der Waals surface area contributed by atoms with Crippen molar-refractivity contribution < 1.29 is 14.3 Å². The topological polar surface area (TPSA) is 73.2 Å². The molecule has 0 fully saturated rings. The Morgan fingerprint density at radius 2 is 1.79 bits per heavy atom. The fraction of sp³-hybridized carbons (Fsp3) is 0.261. The number of carbonyl (C=O) groups excluding carboxylic acids is 2. The summed E-state index contributed by atoms with van der Waals surface area (Å²) in [5.74, 6) is -0.540. The Morgan fingerprint density at radius 3 is 2.48 bits per heavy atom. The third kappa shape index (κ3) is 4.54. The van der Waals surface area contributed by atoms with Gasteiger partial charge in [-0.1, -0.05) is 24.3 Å². The first-order valence-corrected chi connectivity index (χ1v) is 9.50. The molecule has 0 aliphatic rings. The van der Waals surface area contributed by atoms with E-state index in [1.165, 1.54) is 7.11 Å². The quantitative estimate of drug-likeness (QED) is 0.641. The molecule has 1 heterocycles. The summed E-state index contributed by atoms with van der Waals surface area (Å²) in [4.78, 5) is 24.3. The maximum absolute atomic E-state index is 12.5. The average Bonchev–Trinajstić information content (AvgIpc) is 3.01. The highest BCUT2D eigenvalue weighted by atomic mass is 16.5. The predicted octanol–water partition coefficient (Wildman–Crippen LogP) is 4.16. The Bertz CT molecular complexity index is 1040. The molecule has 0 saturated heterocycles. The summed E-state index contributed by atoms with van der Waals surface area (Å²) in [5, 5.41) is 7.53. The summed E-state index contributed by atoms with van der Waals surface area (Å²) in [6.45, 7) is 5.86. The molecule has 3 aromatic rings. The molecule has 2 aromatic carbocycles. The lowest BCUT2D eigenvalue weighted by molar-refractivity contribution is -0.116. The lowest BCUT2D eigenvalue weighted by atomic mass is 10.1. The number of benzene rings is 2. The van der Waals surface area contributed by atoms with E-state index in [0.29, 0.717) is 24.1 Å². The van der Waals surface area contributed by atoms with Crippen LogP contribution in [0.3, 0.4) is 0 Å². The third-order valence-corrected chi connectivity index (χ3v) is 4.98. The van der Waals surface area contributed by atoms with Gasteiger partial charge in [-0.15, -0.1) is 0 Å². The van der Waals surface area contributed by atoms with Crippen LogP contribution in [0.25, 0.3) is 5.69 Å². The second kappa shape index (κ2) is 8.73. The summed E-state index contributed by atoms with van der Waals surface area (Å²) in [5.41, 5.74) is 5.93. The molecule has 1 aromatic heterocycles. The molecule has 150 valence electrons. The summed E-state index contributed by atoms with van der Waals surface area (Å²) >= 11 is 0. The van der Waals surface area contributed by atoms with Gasteiger partial charge in [0.05, 0.1) is 24.1 Å². The predicted molar refractivity (Wildman–Crippen MR) is 113 cm³/mol. The van der Waals surface area contributed by atoms with Gasteiger partial charge in [0, 0.05) is 17.8 Å². The Hall–Kier alpha value is -3.41. The Kier molecular flexibility index (Phi) is 6.12. The van der Waals surface area contributed by atoms with Crippen LogP contribution in [0, 0.1) is 20.8 Å².